The number of carbonyl (C=O) groups excluding carboxylic acids is 1. The van der Waals surface area contributed by atoms with Crippen molar-refractivity contribution in [3.05, 3.63) is 70.2 Å². The molecular formula is C20H16ClN5O2S. The van der Waals surface area contributed by atoms with E-state index in [1.807, 2.05) is 36.4 Å². The first-order chi connectivity index (χ1) is 14.0. The number of para-hydroxylation sites is 1. The average molecular weight is 426 g/mol. The topological polar surface area (TPSA) is 99.4 Å². The van der Waals surface area contributed by atoms with Gasteiger partial charge >= 0.3 is 0 Å². The third kappa shape index (κ3) is 5.78. The van der Waals surface area contributed by atoms with Gasteiger partial charge in [0, 0.05) is 5.69 Å². The highest BCUT2D eigenvalue weighted by molar-refractivity contribution is 7.17. The Hall–Kier alpha value is -3.41. The molecule has 0 aliphatic rings. The standard InChI is InChI=1S/C20H16ClN5O2S/c1-13(28-16-9-7-14(11-22)8-10-16)19(27)26-23-12-17-18(21)25-20(29-17)24-15-5-3-2-4-6-15/h2-10,12-13H,1H3,(H,24,25)(H,26,27)/b23-12+. The van der Waals surface area contributed by atoms with Crippen LogP contribution in [0.25, 0.3) is 0 Å². The number of carbonyl (C=O) groups is 1. The maximum Gasteiger partial charge on any atom is 0.280 e. The van der Waals surface area contributed by atoms with Gasteiger partial charge in [0.25, 0.3) is 5.91 Å². The number of benzene rings is 2. The molecule has 3 rings (SSSR count). The van der Waals surface area contributed by atoms with E-state index >= 15 is 0 Å². The molecule has 0 saturated heterocycles. The van der Waals surface area contributed by atoms with Crippen LogP contribution >= 0.6 is 22.9 Å². The summed E-state index contributed by atoms with van der Waals surface area (Å²) in [5.41, 5.74) is 3.82. The molecule has 1 unspecified atom stereocenters. The summed E-state index contributed by atoms with van der Waals surface area (Å²) in [6.45, 7) is 1.60. The minimum absolute atomic E-state index is 0.285. The van der Waals surface area contributed by atoms with Crippen molar-refractivity contribution in [3.63, 3.8) is 0 Å². The van der Waals surface area contributed by atoms with Gasteiger partial charge in [-0.25, -0.2) is 10.4 Å². The Labute approximate surface area is 176 Å². The lowest BCUT2D eigenvalue weighted by Crippen LogP contribution is -2.33. The van der Waals surface area contributed by atoms with E-state index < -0.39 is 12.0 Å². The van der Waals surface area contributed by atoms with Gasteiger partial charge < -0.3 is 10.1 Å². The zero-order chi connectivity index (χ0) is 20.6. The highest BCUT2D eigenvalue weighted by atomic mass is 35.5. The molecule has 1 atom stereocenters. The molecule has 3 aromatic rings. The van der Waals surface area contributed by atoms with E-state index in [4.69, 9.17) is 21.6 Å². The summed E-state index contributed by atoms with van der Waals surface area (Å²) < 4.78 is 5.53. The van der Waals surface area contributed by atoms with Crippen LogP contribution in [0.15, 0.2) is 59.7 Å². The van der Waals surface area contributed by atoms with Crippen LogP contribution in [0.4, 0.5) is 10.8 Å². The molecule has 1 aromatic heterocycles. The van der Waals surface area contributed by atoms with Crippen LogP contribution in [0.2, 0.25) is 5.15 Å². The van der Waals surface area contributed by atoms with E-state index in [9.17, 15) is 4.79 Å². The quantitative estimate of drug-likeness (QED) is 0.433. The Morgan fingerprint density at radius 1 is 1.28 bits per heavy atom. The van der Waals surface area contributed by atoms with Crippen molar-refractivity contribution < 1.29 is 9.53 Å². The Kier molecular flexibility index (Phi) is 6.79. The molecule has 7 nitrogen and oxygen atoms in total. The predicted molar refractivity (Wildman–Crippen MR) is 114 cm³/mol. The third-order valence-corrected chi connectivity index (χ3v) is 4.96. The fourth-order valence-electron chi connectivity index (χ4n) is 2.20. The number of halogens is 1. The average Bonchev–Trinajstić information content (AvgIpc) is 3.08. The summed E-state index contributed by atoms with van der Waals surface area (Å²) in [6, 6.07) is 18.1. The number of nitrogens with one attached hydrogen (secondary N) is 2. The summed E-state index contributed by atoms with van der Waals surface area (Å²) in [6.07, 6.45) is 0.662. The van der Waals surface area contributed by atoms with Gasteiger partial charge in [-0.05, 0) is 43.3 Å². The molecule has 9 heteroatoms. The van der Waals surface area contributed by atoms with Crippen molar-refractivity contribution in [2.75, 3.05) is 5.32 Å². The van der Waals surface area contributed by atoms with Gasteiger partial charge in [-0.15, -0.1) is 0 Å². The van der Waals surface area contributed by atoms with Crippen LogP contribution < -0.4 is 15.5 Å². The third-order valence-electron chi connectivity index (χ3n) is 3.66. The summed E-state index contributed by atoms with van der Waals surface area (Å²) in [4.78, 5) is 17.0. The van der Waals surface area contributed by atoms with Crippen molar-refractivity contribution in [2.45, 2.75) is 13.0 Å². The largest absolute Gasteiger partial charge is 0.481 e. The fraction of sp³-hybridized carbons (Fsp3) is 0.100. The van der Waals surface area contributed by atoms with Crippen molar-refractivity contribution in [1.29, 1.82) is 5.26 Å². The van der Waals surface area contributed by atoms with Gasteiger partial charge in [0.15, 0.2) is 16.4 Å². The number of hydrogen-bond donors (Lipinski definition) is 2. The second kappa shape index (κ2) is 9.68. The molecule has 0 radical (unpaired) electrons. The van der Waals surface area contributed by atoms with Crippen molar-refractivity contribution in [3.8, 4) is 11.8 Å². The smallest absolute Gasteiger partial charge is 0.280 e. The number of anilines is 2. The van der Waals surface area contributed by atoms with Crippen LogP contribution in [-0.2, 0) is 4.79 Å². The molecule has 0 aliphatic carbocycles. The van der Waals surface area contributed by atoms with Gasteiger partial charge in [-0.2, -0.15) is 10.4 Å². The van der Waals surface area contributed by atoms with Gasteiger partial charge in [-0.3, -0.25) is 4.79 Å². The number of aromatic nitrogens is 1. The number of thiazole rings is 1. The highest BCUT2D eigenvalue weighted by Crippen LogP contribution is 2.27. The summed E-state index contributed by atoms with van der Waals surface area (Å²) >= 11 is 7.44. The van der Waals surface area contributed by atoms with Crippen LogP contribution in [0.1, 0.15) is 17.4 Å². The Morgan fingerprint density at radius 3 is 2.69 bits per heavy atom. The van der Waals surface area contributed by atoms with Crippen LogP contribution in [-0.4, -0.2) is 23.2 Å². The van der Waals surface area contributed by atoms with Gasteiger partial charge in [0.1, 0.15) is 5.75 Å². The Morgan fingerprint density at radius 2 is 2.00 bits per heavy atom. The zero-order valence-electron chi connectivity index (χ0n) is 15.3. The summed E-state index contributed by atoms with van der Waals surface area (Å²) in [7, 11) is 0. The molecular weight excluding hydrogens is 410 g/mol. The SMILES string of the molecule is CC(Oc1ccc(C#N)cc1)C(=O)N/N=C/c1sc(Nc2ccccc2)nc1Cl. The second-order valence-electron chi connectivity index (χ2n) is 5.80. The number of ether oxygens (including phenoxy) is 1. The normalized spacial score (nSPS) is 11.6. The molecule has 1 heterocycles. The van der Waals surface area contributed by atoms with E-state index in [1.54, 1.807) is 31.2 Å². The highest BCUT2D eigenvalue weighted by Gasteiger charge is 2.14. The zero-order valence-corrected chi connectivity index (χ0v) is 16.9. The molecule has 1 amide bonds. The number of hydrogen-bond acceptors (Lipinski definition) is 7. The first kappa shape index (κ1) is 20.3. The Bertz CT molecular complexity index is 1040. The predicted octanol–water partition coefficient (Wildman–Crippen LogP) is 4.33. The molecule has 2 N–H and O–H groups in total. The van der Waals surface area contributed by atoms with E-state index in [0.717, 1.165) is 5.69 Å². The molecule has 146 valence electrons. The molecule has 0 bridgehead atoms. The molecule has 0 spiro atoms. The monoisotopic (exact) mass is 425 g/mol. The van der Waals surface area contributed by atoms with Crippen LogP contribution in [0.5, 0.6) is 5.75 Å². The van der Waals surface area contributed by atoms with Crippen molar-refractivity contribution in [1.82, 2.24) is 10.4 Å². The number of rotatable bonds is 7. The molecule has 29 heavy (non-hydrogen) atoms. The summed E-state index contributed by atoms with van der Waals surface area (Å²) in [5, 5.41) is 16.8. The number of amides is 1. The molecule has 0 fully saturated rings. The number of hydrazone groups is 1. The first-order valence-electron chi connectivity index (χ1n) is 8.53. The maximum absolute atomic E-state index is 12.1. The number of nitrogens with zero attached hydrogens (tertiary/aromatic N) is 3. The van der Waals surface area contributed by atoms with Crippen molar-refractivity contribution in [2.24, 2.45) is 5.10 Å². The van der Waals surface area contributed by atoms with Crippen LogP contribution in [0, 0.1) is 11.3 Å². The van der Waals surface area contributed by atoms with E-state index in [0.29, 0.717) is 21.3 Å². The lowest BCUT2D eigenvalue weighted by Gasteiger charge is -2.12. The van der Waals surface area contributed by atoms with E-state index in [1.165, 1.54) is 17.6 Å². The Balaban J connectivity index is 1.54. The van der Waals surface area contributed by atoms with Gasteiger partial charge in [-0.1, -0.05) is 41.1 Å². The lowest BCUT2D eigenvalue weighted by molar-refractivity contribution is -0.127. The maximum atomic E-state index is 12.1. The van der Waals surface area contributed by atoms with Gasteiger partial charge in [0.2, 0.25) is 0 Å². The molecule has 2 aromatic carbocycles. The fourth-order valence-corrected chi connectivity index (χ4v) is 3.25. The molecule has 0 saturated carbocycles. The van der Waals surface area contributed by atoms with E-state index in [-0.39, 0.29) is 5.15 Å². The second-order valence-corrected chi connectivity index (χ2v) is 7.18. The molecule has 0 aliphatic heterocycles. The van der Waals surface area contributed by atoms with E-state index in [2.05, 4.69) is 20.8 Å². The first-order valence-corrected chi connectivity index (χ1v) is 9.73. The number of nitriles is 1. The minimum atomic E-state index is -0.771. The lowest BCUT2D eigenvalue weighted by atomic mass is 10.2. The van der Waals surface area contributed by atoms with Crippen LogP contribution in [0.3, 0.4) is 0 Å². The van der Waals surface area contributed by atoms with Gasteiger partial charge in [0.05, 0.1) is 22.7 Å². The van der Waals surface area contributed by atoms with Crippen molar-refractivity contribution >= 4 is 45.9 Å². The summed E-state index contributed by atoms with van der Waals surface area (Å²) in [5.74, 6) is 0.0617. The minimum Gasteiger partial charge on any atom is -0.481 e.